The predicted molar refractivity (Wildman–Crippen MR) is 42.3 cm³/mol. The van der Waals surface area contributed by atoms with Gasteiger partial charge in [-0.2, -0.15) is 0 Å². The fourth-order valence-electron chi connectivity index (χ4n) is 0.497. The molecule has 0 bridgehead atoms. The number of hydrogen-bond donors (Lipinski definition) is 0. The molecule has 0 aliphatic heterocycles. The monoisotopic (exact) mass is 185 g/mol. The van der Waals surface area contributed by atoms with Crippen molar-refractivity contribution in [3.05, 3.63) is 0 Å². The SMILES string of the molecule is CC(C)(C)N(Cl)S(C)(=O)=O. The van der Waals surface area contributed by atoms with Crippen molar-refractivity contribution in [3.8, 4) is 0 Å². The zero-order valence-corrected chi connectivity index (χ0v) is 8.12. The molecular formula is C5H12ClNO2S. The molecule has 0 saturated carbocycles. The van der Waals surface area contributed by atoms with Crippen LogP contribution in [0, 0.1) is 0 Å². The highest BCUT2D eigenvalue weighted by Crippen LogP contribution is 2.19. The third kappa shape index (κ3) is 2.86. The summed E-state index contributed by atoms with van der Waals surface area (Å²) in [5.74, 6) is 0. The van der Waals surface area contributed by atoms with Crippen LogP contribution < -0.4 is 0 Å². The Morgan fingerprint density at radius 3 is 1.60 bits per heavy atom. The molecule has 0 fully saturated rings. The Morgan fingerprint density at radius 2 is 1.60 bits per heavy atom. The minimum Gasteiger partial charge on any atom is -0.211 e. The topological polar surface area (TPSA) is 37.4 Å². The van der Waals surface area contributed by atoms with E-state index >= 15 is 0 Å². The molecule has 0 spiro atoms. The molecule has 0 radical (unpaired) electrons. The lowest BCUT2D eigenvalue weighted by molar-refractivity contribution is 0.371. The highest BCUT2D eigenvalue weighted by molar-refractivity contribution is 7.89. The summed E-state index contributed by atoms with van der Waals surface area (Å²) in [6.45, 7) is 5.17. The van der Waals surface area contributed by atoms with Crippen molar-refractivity contribution >= 4 is 21.8 Å². The summed E-state index contributed by atoms with van der Waals surface area (Å²) < 4.78 is 22.4. The minimum atomic E-state index is -3.26. The van der Waals surface area contributed by atoms with E-state index in [1.807, 2.05) is 0 Å². The molecule has 0 rings (SSSR count). The third-order valence-electron chi connectivity index (χ3n) is 0.819. The van der Waals surface area contributed by atoms with Gasteiger partial charge in [0.05, 0.1) is 6.26 Å². The first-order valence-electron chi connectivity index (χ1n) is 2.82. The van der Waals surface area contributed by atoms with Crippen LogP contribution in [0.3, 0.4) is 0 Å². The van der Waals surface area contributed by atoms with E-state index in [0.29, 0.717) is 0 Å². The maximum atomic E-state index is 10.8. The van der Waals surface area contributed by atoms with Crippen molar-refractivity contribution in [1.82, 2.24) is 3.82 Å². The quantitative estimate of drug-likeness (QED) is 0.576. The van der Waals surface area contributed by atoms with Crippen molar-refractivity contribution in [2.75, 3.05) is 6.26 Å². The molecule has 0 aliphatic rings. The number of hydrogen-bond acceptors (Lipinski definition) is 2. The molecule has 0 aromatic carbocycles. The summed E-state index contributed by atoms with van der Waals surface area (Å²) >= 11 is 5.48. The molecule has 10 heavy (non-hydrogen) atoms. The van der Waals surface area contributed by atoms with Crippen LogP contribution in [-0.4, -0.2) is 24.0 Å². The summed E-state index contributed by atoms with van der Waals surface area (Å²) in [4.78, 5) is 0. The average Bonchev–Trinajstić information content (AvgIpc) is 1.59. The summed E-state index contributed by atoms with van der Waals surface area (Å²) in [7, 11) is -3.26. The molecule has 0 aromatic heterocycles. The van der Waals surface area contributed by atoms with Gasteiger partial charge in [0.15, 0.2) is 0 Å². The lowest BCUT2D eigenvalue weighted by Crippen LogP contribution is -2.37. The van der Waals surface area contributed by atoms with Gasteiger partial charge >= 0.3 is 0 Å². The molecule has 62 valence electrons. The van der Waals surface area contributed by atoms with E-state index in [9.17, 15) is 8.42 Å². The van der Waals surface area contributed by atoms with Gasteiger partial charge in [-0.05, 0) is 32.5 Å². The van der Waals surface area contributed by atoms with Crippen molar-refractivity contribution in [1.29, 1.82) is 0 Å². The average molecular weight is 186 g/mol. The maximum Gasteiger partial charge on any atom is 0.225 e. The van der Waals surface area contributed by atoms with Gasteiger partial charge in [0.1, 0.15) is 0 Å². The van der Waals surface area contributed by atoms with E-state index in [2.05, 4.69) is 0 Å². The van der Waals surface area contributed by atoms with Crippen LogP contribution in [0.4, 0.5) is 0 Å². The van der Waals surface area contributed by atoms with Gasteiger partial charge in [0.25, 0.3) is 0 Å². The van der Waals surface area contributed by atoms with Crippen molar-refractivity contribution in [2.45, 2.75) is 26.3 Å². The summed E-state index contributed by atoms with van der Waals surface area (Å²) in [6, 6.07) is 0. The Labute approximate surface area is 67.1 Å². The zero-order valence-electron chi connectivity index (χ0n) is 6.55. The zero-order chi connectivity index (χ0) is 8.58. The van der Waals surface area contributed by atoms with E-state index in [1.54, 1.807) is 20.8 Å². The van der Waals surface area contributed by atoms with Crippen LogP contribution >= 0.6 is 11.8 Å². The first-order valence-corrected chi connectivity index (χ1v) is 5.00. The third-order valence-corrected chi connectivity index (χ3v) is 3.21. The fraction of sp³-hybridized carbons (Fsp3) is 1.00. The summed E-state index contributed by atoms with van der Waals surface area (Å²) in [5, 5.41) is 0. The second-order valence-electron chi connectivity index (χ2n) is 3.15. The van der Waals surface area contributed by atoms with Gasteiger partial charge in [-0.25, -0.2) is 8.42 Å². The lowest BCUT2D eigenvalue weighted by atomic mass is 10.1. The van der Waals surface area contributed by atoms with Gasteiger partial charge in [0.2, 0.25) is 10.0 Å². The summed E-state index contributed by atoms with van der Waals surface area (Å²) in [5.41, 5.74) is -0.546. The second kappa shape index (κ2) is 2.68. The molecule has 5 heteroatoms. The Kier molecular flexibility index (Phi) is 2.73. The van der Waals surface area contributed by atoms with Crippen LogP contribution in [0.15, 0.2) is 0 Å². The molecule has 0 saturated heterocycles. The lowest BCUT2D eigenvalue weighted by Gasteiger charge is -2.25. The molecule has 0 aliphatic carbocycles. The van der Waals surface area contributed by atoms with Crippen LogP contribution in [0.1, 0.15) is 20.8 Å². The molecule has 3 nitrogen and oxygen atoms in total. The van der Waals surface area contributed by atoms with Crippen molar-refractivity contribution in [2.24, 2.45) is 0 Å². The van der Waals surface area contributed by atoms with E-state index in [1.165, 1.54) is 0 Å². The highest BCUT2D eigenvalue weighted by Gasteiger charge is 2.27. The largest absolute Gasteiger partial charge is 0.225 e. The molecule has 0 N–H and O–H groups in total. The van der Waals surface area contributed by atoms with E-state index in [0.717, 1.165) is 10.1 Å². The fourth-order valence-corrected chi connectivity index (χ4v) is 1.49. The Balaban J connectivity index is 4.56. The molecule has 0 unspecified atom stereocenters. The molecular weight excluding hydrogens is 174 g/mol. The van der Waals surface area contributed by atoms with Gasteiger partial charge in [-0.3, -0.25) is 0 Å². The number of rotatable bonds is 1. The van der Waals surface area contributed by atoms with Gasteiger partial charge in [-0.1, -0.05) is 0 Å². The number of sulfonamides is 1. The standard InChI is InChI=1S/C5H12ClNO2S/c1-5(2,3)7(6)10(4,8)9/h1-4H3. The highest BCUT2D eigenvalue weighted by atomic mass is 35.5. The van der Waals surface area contributed by atoms with E-state index in [-0.39, 0.29) is 0 Å². The number of nitrogens with zero attached hydrogens (tertiary/aromatic N) is 1. The maximum absolute atomic E-state index is 10.8. The van der Waals surface area contributed by atoms with Gasteiger partial charge < -0.3 is 0 Å². The smallest absolute Gasteiger partial charge is 0.211 e. The van der Waals surface area contributed by atoms with Crippen LogP contribution in [0.25, 0.3) is 0 Å². The van der Waals surface area contributed by atoms with Crippen LogP contribution in [0.2, 0.25) is 0 Å². The van der Waals surface area contributed by atoms with Gasteiger partial charge in [-0.15, -0.1) is 3.82 Å². The predicted octanol–water partition coefficient (Wildman–Crippen LogP) is 1.20. The first kappa shape index (κ1) is 10.2. The van der Waals surface area contributed by atoms with Crippen LogP contribution in [0.5, 0.6) is 0 Å². The molecule has 0 atom stereocenters. The Morgan fingerprint density at radius 1 is 1.30 bits per heavy atom. The molecule has 0 amide bonds. The van der Waals surface area contributed by atoms with Crippen LogP contribution in [-0.2, 0) is 10.0 Å². The Bertz CT molecular complexity index is 204. The van der Waals surface area contributed by atoms with E-state index in [4.69, 9.17) is 11.8 Å². The first-order chi connectivity index (χ1) is 4.15. The second-order valence-corrected chi connectivity index (χ2v) is 5.52. The molecule has 0 aromatic rings. The Hall–Kier alpha value is 0.200. The summed E-state index contributed by atoms with van der Waals surface area (Å²) in [6.07, 6.45) is 1.07. The van der Waals surface area contributed by atoms with Crippen molar-refractivity contribution < 1.29 is 8.42 Å². The normalized spacial score (nSPS) is 14.2. The minimum absolute atomic E-state index is 0.546. The molecule has 0 heterocycles. The number of halogens is 1. The van der Waals surface area contributed by atoms with Crippen molar-refractivity contribution in [3.63, 3.8) is 0 Å². The van der Waals surface area contributed by atoms with Gasteiger partial charge in [0, 0.05) is 5.54 Å². The van der Waals surface area contributed by atoms with E-state index < -0.39 is 15.6 Å².